The summed E-state index contributed by atoms with van der Waals surface area (Å²) < 4.78 is 166. The number of hydrogen-bond donors (Lipinski definition) is 8. The summed E-state index contributed by atoms with van der Waals surface area (Å²) in [4.78, 5) is 60.1. The number of hydrazine groups is 2. The van der Waals surface area contributed by atoms with Gasteiger partial charge in [0.15, 0.2) is 0 Å². The van der Waals surface area contributed by atoms with E-state index in [0.717, 1.165) is 59.1 Å². The molecule has 6 aromatic rings. The Morgan fingerprint density at radius 2 is 0.987 bits per heavy atom. The second-order valence-corrected chi connectivity index (χ2v) is 22.4. The van der Waals surface area contributed by atoms with E-state index in [1.165, 1.54) is 36.4 Å². The largest absolute Gasteiger partial charge is 0.417 e. The normalized spacial score (nSPS) is 11.7. The van der Waals surface area contributed by atoms with Crippen molar-refractivity contribution < 1.29 is 75.5 Å². The first kappa shape index (κ1) is 61.2. The molecule has 6 rings (SSSR count). The van der Waals surface area contributed by atoms with Crippen molar-refractivity contribution in [2.24, 2.45) is 0 Å². The molecular weight excluding hydrogens is 1170 g/mol. The molecular formula is C44H39Cl2F9N10O8S4. The zero-order chi connectivity index (χ0) is 56.7. The van der Waals surface area contributed by atoms with Gasteiger partial charge in [-0.1, -0.05) is 29.3 Å². The number of amides is 4. The van der Waals surface area contributed by atoms with E-state index in [1.54, 1.807) is 0 Å². The van der Waals surface area contributed by atoms with Crippen molar-refractivity contribution in [3.63, 3.8) is 0 Å². The number of nitrogens with zero attached hydrogens (tertiary/aromatic N) is 2. The monoisotopic (exact) mass is 1200 g/mol. The predicted octanol–water partition coefficient (Wildman–Crippen LogP) is 8.31. The number of benzene rings is 2. The number of sulfonamides is 2. The molecule has 18 nitrogen and oxygen atoms in total. The third-order valence-corrected chi connectivity index (χ3v) is 15.9. The Hall–Kier alpha value is -6.61. The summed E-state index contributed by atoms with van der Waals surface area (Å²) in [6.45, 7) is 0.0722. The third-order valence-electron chi connectivity index (χ3n) is 9.68. The highest BCUT2D eigenvalue weighted by Crippen LogP contribution is 2.34. The molecule has 0 saturated heterocycles. The van der Waals surface area contributed by atoms with Crippen molar-refractivity contribution in [1.29, 1.82) is 0 Å². The van der Waals surface area contributed by atoms with E-state index in [2.05, 4.69) is 36.7 Å². The number of pyridine rings is 2. The lowest BCUT2D eigenvalue weighted by atomic mass is 10.2. The number of anilines is 2. The van der Waals surface area contributed by atoms with Crippen LogP contribution in [-0.2, 0) is 55.1 Å². The molecule has 0 spiro atoms. The van der Waals surface area contributed by atoms with Gasteiger partial charge in [-0.3, -0.25) is 30.0 Å². The maximum atomic E-state index is 13.7. The molecule has 4 heterocycles. The molecule has 0 aliphatic heterocycles. The van der Waals surface area contributed by atoms with E-state index in [9.17, 15) is 75.5 Å². The maximum absolute atomic E-state index is 13.7. The molecule has 0 bridgehead atoms. The second kappa shape index (κ2) is 27.1. The van der Waals surface area contributed by atoms with Gasteiger partial charge in [0.1, 0.15) is 43.1 Å². The van der Waals surface area contributed by atoms with Crippen molar-refractivity contribution in [1.82, 2.24) is 41.1 Å². The molecule has 0 atom stereocenters. The summed E-state index contributed by atoms with van der Waals surface area (Å²) in [6.07, 6.45) is -7.83. The first-order valence-corrected chi connectivity index (χ1v) is 27.0. The second-order valence-electron chi connectivity index (χ2n) is 15.4. The number of alkyl halides is 6. The van der Waals surface area contributed by atoms with Crippen LogP contribution < -0.4 is 41.8 Å². The Labute approximate surface area is 449 Å². The molecule has 4 amide bonds. The van der Waals surface area contributed by atoms with Crippen molar-refractivity contribution in [2.45, 2.75) is 59.5 Å². The number of carbonyl (C=O) groups is 4. The molecule has 77 heavy (non-hydrogen) atoms. The third kappa shape index (κ3) is 18.8. The van der Waals surface area contributed by atoms with Crippen LogP contribution in [0.25, 0.3) is 0 Å². The highest BCUT2D eigenvalue weighted by Gasteiger charge is 2.33. The van der Waals surface area contributed by atoms with Gasteiger partial charge in [-0.15, -0.1) is 32.3 Å². The lowest BCUT2D eigenvalue weighted by molar-refractivity contribution is -0.138. The van der Waals surface area contributed by atoms with Crippen LogP contribution in [-0.4, -0.2) is 63.5 Å². The topological polar surface area (TPSA) is 259 Å². The van der Waals surface area contributed by atoms with Crippen LogP contribution in [0.4, 0.5) is 51.1 Å². The zero-order valence-corrected chi connectivity index (χ0v) is 43.5. The molecule has 33 heteroatoms. The van der Waals surface area contributed by atoms with Gasteiger partial charge in [-0.2, -0.15) is 26.3 Å². The molecule has 2 aromatic carbocycles. The molecule has 0 unspecified atom stereocenters. The number of aromatic nitrogens is 2. The predicted molar refractivity (Wildman–Crippen MR) is 265 cm³/mol. The summed E-state index contributed by atoms with van der Waals surface area (Å²) in [7, 11) is -8.24. The average Bonchev–Trinajstić information content (AvgIpc) is 4.07. The van der Waals surface area contributed by atoms with Crippen LogP contribution in [0.15, 0.2) is 99.7 Å². The van der Waals surface area contributed by atoms with E-state index in [4.69, 9.17) is 23.2 Å². The maximum Gasteiger partial charge on any atom is 0.417 e. The van der Waals surface area contributed by atoms with Gasteiger partial charge < -0.3 is 21.3 Å². The fraction of sp³-hybridized carbons (Fsp3) is 0.227. The van der Waals surface area contributed by atoms with Gasteiger partial charge in [-0.25, -0.2) is 40.0 Å². The van der Waals surface area contributed by atoms with E-state index in [0.29, 0.717) is 28.2 Å². The van der Waals surface area contributed by atoms with Crippen molar-refractivity contribution >= 4 is 101 Å². The van der Waals surface area contributed by atoms with Gasteiger partial charge >= 0.3 is 12.4 Å². The first-order chi connectivity index (χ1) is 36.1. The smallest absolute Gasteiger partial charge is 0.369 e. The summed E-state index contributed by atoms with van der Waals surface area (Å²) in [5.41, 5.74) is 1.59. The highest BCUT2D eigenvalue weighted by molar-refractivity contribution is 7.91. The Morgan fingerprint density at radius 3 is 1.39 bits per heavy atom. The number of rotatable bonds is 22. The standard InChI is InChI=1S/C22H19ClF5N5O4S2.C22H20ClF4N5O4S2/c23-14-9-12(22(26,27)28)10-30-20(14)29-8-2-5-17(34)32-33-39(36,37)18-7-6-13(38-18)11-31-21(35)19-15(24)3-1-4-16(19)25;23-17-10-14(22(25,26)27)11-29-20(17)28-9-1-2-18(33)31-32-38(35,36)19-8-7-16(37-19)12-30-21(34)13-3-5-15(24)6-4-13/h1,3-4,6-7,9-10,33H,2,5,8,11H2,(H,29,30)(H,31,35)(H,32,34);3-8,10-11,32H,1-2,9,12H2,(H,28,29)(H,30,34)(H,31,33). The lowest BCUT2D eigenvalue weighted by Gasteiger charge is -2.11. The Kier molecular flexibility index (Phi) is 21.6. The molecule has 0 saturated carbocycles. The SMILES string of the molecule is O=C(CCCNc1ncc(C(F)(F)F)cc1Cl)NNS(=O)(=O)c1ccc(CNC(=O)c2c(F)cccc2F)s1.O=C(CCCNc1ncc(C(F)(F)F)cc1Cl)NNS(=O)(=O)c1ccc(CNC(=O)c2ccc(F)cc2)s1. The fourth-order valence-electron chi connectivity index (χ4n) is 5.87. The van der Waals surface area contributed by atoms with Crippen LogP contribution in [0, 0.1) is 17.5 Å². The fourth-order valence-corrected chi connectivity index (χ4v) is 10.6. The molecule has 0 radical (unpaired) electrons. The Balaban J connectivity index is 0.000000284. The van der Waals surface area contributed by atoms with Crippen molar-refractivity contribution in [3.05, 3.63) is 151 Å². The minimum Gasteiger partial charge on any atom is -0.369 e. The quantitative estimate of drug-likeness (QED) is 0.0181. The minimum atomic E-state index is -4.59. The molecule has 0 aliphatic rings. The summed E-state index contributed by atoms with van der Waals surface area (Å²) in [6, 6.07) is 14.7. The van der Waals surface area contributed by atoms with Gasteiger partial charge in [0.2, 0.25) is 11.8 Å². The number of hydrogen-bond acceptors (Lipinski definition) is 14. The van der Waals surface area contributed by atoms with Crippen LogP contribution in [0.3, 0.4) is 0 Å². The van der Waals surface area contributed by atoms with E-state index >= 15 is 0 Å². The highest BCUT2D eigenvalue weighted by atomic mass is 35.5. The number of thiophene rings is 2. The van der Waals surface area contributed by atoms with Crippen molar-refractivity contribution in [2.75, 3.05) is 23.7 Å². The van der Waals surface area contributed by atoms with Crippen LogP contribution >= 0.6 is 45.9 Å². The summed E-state index contributed by atoms with van der Waals surface area (Å²) in [5.74, 6) is -5.37. The molecule has 4 aromatic heterocycles. The average molecular weight is 1210 g/mol. The molecule has 0 aliphatic carbocycles. The zero-order valence-electron chi connectivity index (χ0n) is 38.8. The summed E-state index contributed by atoms with van der Waals surface area (Å²) >= 11 is 13.2. The minimum absolute atomic E-state index is 0.00509. The number of nitrogens with one attached hydrogen (secondary N) is 8. The van der Waals surface area contributed by atoms with Crippen LogP contribution in [0.5, 0.6) is 0 Å². The van der Waals surface area contributed by atoms with Gasteiger partial charge in [0, 0.05) is 53.6 Å². The first-order valence-electron chi connectivity index (χ1n) is 21.6. The van der Waals surface area contributed by atoms with Crippen LogP contribution in [0.1, 0.15) is 67.3 Å². The Morgan fingerprint density at radius 1 is 0.571 bits per heavy atom. The van der Waals surface area contributed by atoms with Gasteiger partial charge in [0.05, 0.1) is 34.3 Å². The van der Waals surface area contributed by atoms with Crippen molar-refractivity contribution in [3.8, 4) is 0 Å². The van der Waals surface area contributed by atoms with E-state index in [1.807, 2.05) is 15.1 Å². The summed E-state index contributed by atoms with van der Waals surface area (Å²) in [5, 5.41) is 9.81. The molecule has 8 N–H and O–H groups in total. The van der Waals surface area contributed by atoms with Crippen LogP contribution in [0.2, 0.25) is 10.0 Å². The Bertz CT molecular complexity index is 3280. The molecule has 414 valence electrons. The van der Waals surface area contributed by atoms with E-state index < -0.39 is 90.2 Å². The number of carbonyl (C=O) groups excluding carboxylic acids is 4. The van der Waals surface area contributed by atoms with Gasteiger partial charge in [-0.05, 0) is 85.6 Å². The van der Waals surface area contributed by atoms with Gasteiger partial charge in [0.25, 0.3) is 31.9 Å². The van der Waals surface area contributed by atoms with E-state index in [-0.39, 0.29) is 87.5 Å². The number of halogens is 11. The lowest BCUT2D eigenvalue weighted by Crippen LogP contribution is -2.41. The molecule has 0 fully saturated rings.